The molecule has 130 valence electrons. The van der Waals surface area contributed by atoms with Gasteiger partial charge in [0.25, 0.3) is 0 Å². The van der Waals surface area contributed by atoms with Gasteiger partial charge in [0.05, 0.1) is 6.04 Å². The lowest BCUT2D eigenvalue weighted by molar-refractivity contribution is -0.128. The molecule has 1 atom stereocenters. The van der Waals surface area contributed by atoms with Crippen LogP contribution in [0.5, 0.6) is 0 Å². The number of allylic oxidation sites excluding steroid dienone is 1. The molecular formula is C21H23FN2O. The average Bonchev–Trinajstić information content (AvgIpc) is 2.63. The molecule has 3 rings (SSSR count). The Hall–Kier alpha value is -2.46. The lowest BCUT2D eigenvalue weighted by Gasteiger charge is -2.39. The number of carbonyl (C=O) groups excluding carboxylic acids is 1. The molecule has 0 bridgehead atoms. The van der Waals surface area contributed by atoms with Crippen LogP contribution in [0.25, 0.3) is 5.57 Å². The minimum absolute atomic E-state index is 0.0292. The maximum atomic E-state index is 13.2. The molecular weight excluding hydrogens is 315 g/mol. The van der Waals surface area contributed by atoms with Crippen molar-refractivity contribution in [3.05, 3.63) is 77.6 Å². The molecule has 25 heavy (non-hydrogen) atoms. The standard InChI is InChI=1S/C21H23FN2O/c1-16(17-6-4-3-5-7-17)14-21(25)24-13-12-23(2)20(15-24)18-8-10-19(22)11-9-18/h3-11,14,20H,12-13,15H2,1-2H3/b16-14+. The Morgan fingerprint density at radius 1 is 1.08 bits per heavy atom. The third-order valence-electron chi connectivity index (χ3n) is 4.78. The zero-order valence-corrected chi connectivity index (χ0v) is 14.7. The fourth-order valence-electron chi connectivity index (χ4n) is 3.18. The molecule has 1 unspecified atom stereocenters. The van der Waals surface area contributed by atoms with Crippen LogP contribution in [0.2, 0.25) is 0 Å². The van der Waals surface area contributed by atoms with E-state index in [2.05, 4.69) is 4.90 Å². The summed E-state index contributed by atoms with van der Waals surface area (Å²) in [6.07, 6.45) is 1.71. The minimum Gasteiger partial charge on any atom is -0.336 e. The SMILES string of the molecule is C/C(=C\C(=O)N1CCN(C)C(c2ccc(F)cc2)C1)c1ccccc1. The van der Waals surface area contributed by atoms with Crippen molar-refractivity contribution in [3.8, 4) is 0 Å². The number of hydrogen-bond donors (Lipinski definition) is 0. The fraction of sp³-hybridized carbons (Fsp3) is 0.286. The molecule has 1 amide bonds. The quantitative estimate of drug-likeness (QED) is 0.796. The van der Waals surface area contributed by atoms with Crippen molar-refractivity contribution in [2.24, 2.45) is 0 Å². The highest BCUT2D eigenvalue weighted by Crippen LogP contribution is 2.25. The van der Waals surface area contributed by atoms with Crippen LogP contribution in [0.4, 0.5) is 4.39 Å². The van der Waals surface area contributed by atoms with Gasteiger partial charge in [-0.3, -0.25) is 9.69 Å². The van der Waals surface area contributed by atoms with Crippen molar-refractivity contribution in [1.29, 1.82) is 0 Å². The van der Waals surface area contributed by atoms with Gasteiger partial charge in [-0.2, -0.15) is 0 Å². The smallest absolute Gasteiger partial charge is 0.246 e. The van der Waals surface area contributed by atoms with Crippen LogP contribution in [0.1, 0.15) is 24.1 Å². The van der Waals surface area contributed by atoms with Crippen LogP contribution in [-0.4, -0.2) is 42.4 Å². The largest absolute Gasteiger partial charge is 0.336 e. The summed E-state index contributed by atoms with van der Waals surface area (Å²) in [6.45, 7) is 4.07. The summed E-state index contributed by atoms with van der Waals surface area (Å²) in [5, 5.41) is 0. The molecule has 0 radical (unpaired) electrons. The molecule has 1 heterocycles. The lowest BCUT2D eigenvalue weighted by Crippen LogP contribution is -2.48. The Balaban J connectivity index is 1.74. The average molecular weight is 338 g/mol. The molecule has 1 saturated heterocycles. The summed E-state index contributed by atoms with van der Waals surface area (Å²) in [5.74, 6) is -0.210. The predicted molar refractivity (Wildman–Crippen MR) is 98.4 cm³/mol. The third kappa shape index (κ3) is 4.15. The monoisotopic (exact) mass is 338 g/mol. The van der Waals surface area contributed by atoms with E-state index in [1.54, 1.807) is 18.2 Å². The molecule has 3 nitrogen and oxygen atoms in total. The molecule has 2 aromatic rings. The van der Waals surface area contributed by atoms with Gasteiger partial charge in [-0.05, 0) is 42.8 Å². The van der Waals surface area contributed by atoms with Gasteiger partial charge in [0.1, 0.15) is 5.82 Å². The van der Waals surface area contributed by atoms with Crippen molar-refractivity contribution >= 4 is 11.5 Å². The Kier molecular flexibility index (Phi) is 5.29. The zero-order chi connectivity index (χ0) is 17.8. The first-order valence-electron chi connectivity index (χ1n) is 8.53. The normalized spacial score (nSPS) is 19.1. The highest BCUT2D eigenvalue weighted by atomic mass is 19.1. The third-order valence-corrected chi connectivity index (χ3v) is 4.78. The molecule has 0 aliphatic carbocycles. The lowest BCUT2D eigenvalue weighted by atomic mass is 10.0. The molecule has 0 N–H and O–H groups in total. The van der Waals surface area contributed by atoms with Crippen molar-refractivity contribution < 1.29 is 9.18 Å². The van der Waals surface area contributed by atoms with Crippen molar-refractivity contribution in [2.45, 2.75) is 13.0 Å². The van der Waals surface area contributed by atoms with Gasteiger partial charge >= 0.3 is 0 Å². The number of rotatable bonds is 3. The number of amides is 1. The maximum absolute atomic E-state index is 13.2. The van der Waals surface area contributed by atoms with E-state index in [1.165, 1.54) is 12.1 Å². The highest BCUT2D eigenvalue weighted by Gasteiger charge is 2.27. The zero-order valence-electron chi connectivity index (χ0n) is 14.7. The van der Waals surface area contributed by atoms with E-state index in [1.807, 2.05) is 49.2 Å². The van der Waals surface area contributed by atoms with Gasteiger partial charge < -0.3 is 4.90 Å². The maximum Gasteiger partial charge on any atom is 0.246 e. The first kappa shape index (κ1) is 17.4. The van der Waals surface area contributed by atoms with Crippen LogP contribution in [0, 0.1) is 5.82 Å². The Bertz CT molecular complexity index is 755. The molecule has 2 aromatic carbocycles. The van der Waals surface area contributed by atoms with Gasteiger partial charge in [-0.1, -0.05) is 42.5 Å². The van der Waals surface area contributed by atoms with E-state index in [0.717, 1.165) is 23.2 Å². The number of carbonyl (C=O) groups is 1. The topological polar surface area (TPSA) is 23.6 Å². The van der Waals surface area contributed by atoms with Crippen molar-refractivity contribution in [1.82, 2.24) is 9.80 Å². The van der Waals surface area contributed by atoms with E-state index in [0.29, 0.717) is 13.1 Å². The van der Waals surface area contributed by atoms with E-state index in [4.69, 9.17) is 0 Å². The minimum atomic E-state index is -0.239. The van der Waals surface area contributed by atoms with Crippen LogP contribution in [0.3, 0.4) is 0 Å². The van der Waals surface area contributed by atoms with E-state index < -0.39 is 0 Å². The molecule has 0 saturated carbocycles. The van der Waals surface area contributed by atoms with Crippen molar-refractivity contribution in [3.63, 3.8) is 0 Å². The molecule has 0 spiro atoms. The number of piperazine rings is 1. The summed E-state index contributed by atoms with van der Waals surface area (Å²) >= 11 is 0. The Morgan fingerprint density at radius 2 is 1.76 bits per heavy atom. The fourth-order valence-corrected chi connectivity index (χ4v) is 3.18. The van der Waals surface area contributed by atoms with Crippen LogP contribution < -0.4 is 0 Å². The summed E-state index contributed by atoms with van der Waals surface area (Å²) in [7, 11) is 2.04. The first-order valence-corrected chi connectivity index (χ1v) is 8.53. The van der Waals surface area contributed by atoms with Crippen LogP contribution >= 0.6 is 0 Å². The number of benzene rings is 2. The first-order chi connectivity index (χ1) is 12.0. The van der Waals surface area contributed by atoms with E-state index >= 15 is 0 Å². The highest BCUT2D eigenvalue weighted by molar-refractivity contribution is 5.95. The predicted octanol–water partition coefficient (Wildman–Crippen LogP) is 3.74. The van der Waals surface area contributed by atoms with Crippen LogP contribution in [0.15, 0.2) is 60.7 Å². The van der Waals surface area contributed by atoms with E-state index in [-0.39, 0.29) is 17.8 Å². The second-order valence-corrected chi connectivity index (χ2v) is 6.53. The Morgan fingerprint density at radius 3 is 2.44 bits per heavy atom. The van der Waals surface area contributed by atoms with E-state index in [9.17, 15) is 9.18 Å². The number of hydrogen-bond acceptors (Lipinski definition) is 2. The second-order valence-electron chi connectivity index (χ2n) is 6.53. The van der Waals surface area contributed by atoms with Gasteiger partial charge in [0, 0.05) is 25.7 Å². The molecule has 4 heteroatoms. The molecule has 1 aliphatic heterocycles. The summed E-state index contributed by atoms with van der Waals surface area (Å²) in [5.41, 5.74) is 3.05. The molecule has 0 aromatic heterocycles. The summed E-state index contributed by atoms with van der Waals surface area (Å²) < 4.78 is 13.2. The second kappa shape index (κ2) is 7.62. The van der Waals surface area contributed by atoms with Crippen molar-refractivity contribution in [2.75, 3.05) is 26.7 Å². The van der Waals surface area contributed by atoms with Gasteiger partial charge in [0.2, 0.25) is 5.91 Å². The van der Waals surface area contributed by atoms with Gasteiger partial charge in [-0.15, -0.1) is 0 Å². The molecule has 1 fully saturated rings. The number of likely N-dealkylation sites (N-methyl/N-ethyl adjacent to an activating group) is 1. The number of nitrogens with zero attached hydrogens (tertiary/aromatic N) is 2. The number of halogens is 1. The summed E-state index contributed by atoms with van der Waals surface area (Å²) in [4.78, 5) is 16.8. The Labute approximate surface area is 148 Å². The molecule has 1 aliphatic rings. The van der Waals surface area contributed by atoms with Gasteiger partial charge in [0.15, 0.2) is 0 Å². The van der Waals surface area contributed by atoms with Gasteiger partial charge in [-0.25, -0.2) is 4.39 Å². The van der Waals surface area contributed by atoms with Crippen LogP contribution in [-0.2, 0) is 4.79 Å². The summed E-state index contributed by atoms with van der Waals surface area (Å²) in [6, 6.07) is 16.6.